The van der Waals surface area contributed by atoms with Crippen molar-refractivity contribution in [1.82, 2.24) is 10.3 Å². The molecule has 0 heterocycles. The molecule has 0 aliphatic heterocycles. The van der Waals surface area contributed by atoms with Crippen LogP contribution in [0.15, 0.2) is 53.6 Å². The maximum absolute atomic E-state index is 5.34. The Balaban J connectivity index is 1.90. The lowest BCUT2D eigenvalue weighted by molar-refractivity contribution is 0.532. The van der Waals surface area contributed by atoms with Gasteiger partial charge in [0, 0.05) is 13.6 Å². The normalized spacial score (nSPS) is 10.7. The Kier molecular flexibility index (Phi) is 5.67. The number of hydrazone groups is 1. The summed E-state index contributed by atoms with van der Waals surface area (Å²) in [6.45, 7) is 4.90. The SMILES string of the molecule is Cc1ccc(/C=N/N(C)C(=S)NCc2ccccc2)cc1C. The lowest BCUT2D eigenvalue weighted by Crippen LogP contribution is -2.33. The van der Waals surface area contributed by atoms with Gasteiger partial charge in [-0.15, -0.1) is 0 Å². The molecule has 1 N–H and O–H groups in total. The Bertz CT molecular complexity index is 665. The van der Waals surface area contributed by atoms with Crippen LogP contribution < -0.4 is 5.32 Å². The lowest BCUT2D eigenvalue weighted by atomic mass is 10.1. The molecule has 0 atom stereocenters. The summed E-state index contributed by atoms with van der Waals surface area (Å²) in [5, 5.41) is 9.86. The molecular weight excluding hydrogens is 290 g/mol. The molecule has 3 nitrogen and oxygen atoms in total. The third-order valence-corrected chi connectivity index (χ3v) is 3.90. The van der Waals surface area contributed by atoms with Crippen molar-refractivity contribution in [2.24, 2.45) is 5.10 Å². The molecule has 2 aromatic carbocycles. The molecule has 0 saturated heterocycles. The van der Waals surface area contributed by atoms with Crippen molar-refractivity contribution in [3.8, 4) is 0 Å². The van der Waals surface area contributed by atoms with Crippen molar-refractivity contribution in [2.75, 3.05) is 7.05 Å². The molecule has 0 bridgehead atoms. The van der Waals surface area contributed by atoms with Gasteiger partial charge in [-0.2, -0.15) is 5.10 Å². The highest BCUT2D eigenvalue weighted by Gasteiger charge is 2.01. The highest BCUT2D eigenvalue weighted by Crippen LogP contribution is 2.08. The van der Waals surface area contributed by atoms with Gasteiger partial charge in [0.15, 0.2) is 5.11 Å². The Hall–Kier alpha value is -2.20. The van der Waals surface area contributed by atoms with Crippen LogP contribution in [0.4, 0.5) is 0 Å². The zero-order valence-electron chi connectivity index (χ0n) is 13.2. The van der Waals surface area contributed by atoms with Gasteiger partial charge in [0.05, 0.1) is 6.21 Å². The van der Waals surface area contributed by atoms with E-state index in [1.807, 2.05) is 31.5 Å². The van der Waals surface area contributed by atoms with Crippen molar-refractivity contribution in [3.63, 3.8) is 0 Å². The second-order valence-corrected chi connectivity index (χ2v) is 5.64. The van der Waals surface area contributed by atoms with Gasteiger partial charge in [0.25, 0.3) is 0 Å². The molecule has 114 valence electrons. The van der Waals surface area contributed by atoms with E-state index in [4.69, 9.17) is 12.2 Å². The molecular formula is C18H21N3S. The number of thiocarbonyl (C=S) groups is 1. The average molecular weight is 311 g/mol. The molecule has 0 fully saturated rings. The Labute approximate surface area is 137 Å². The first-order chi connectivity index (χ1) is 10.6. The van der Waals surface area contributed by atoms with Gasteiger partial charge in [-0.1, -0.05) is 48.5 Å². The van der Waals surface area contributed by atoms with E-state index >= 15 is 0 Å². The Morgan fingerprint density at radius 2 is 1.86 bits per heavy atom. The van der Waals surface area contributed by atoms with Crippen molar-refractivity contribution < 1.29 is 0 Å². The fourth-order valence-electron chi connectivity index (χ4n) is 1.94. The molecule has 4 heteroatoms. The standard InChI is InChI=1S/C18H21N3S/c1-14-9-10-17(11-15(14)2)13-20-21(3)18(22)19-12-16-7-5-4-6-8-16/h4-11,13H,12H2,1-3H3,(H,19,22)/b20-13+. The fraction of sp³-hybridized carbons (Fsp3) is 0.222. The number of rotatable bonds is 4. The molecule has 0 amide bonds. The highest BCUT2D eigenvalue weighted by atomic mass is 32.1. The second kappa shape index (κ2) is 7.71. The van der Waals surface area contributed by atoms with E-state index in [-0.39, 0.29) is 0 Å². The Morgan fingerprint density at radius 1 is 1.14 bits per heavy atom. The largest absolute Gasteiger partial charge is 0.357 e. The summed E-state index contributed by atoms with van der Waals surface area (Å²) >= 11 is 5.34. The highest BCUT2D eigenvalue weighted by molar-refractivity contribution is 7.80. The van der Waals surface area contributed by atoms with Crippen molar-refractivity contribution >= 4 is 23.5 Å². The minimum absolute atomic E-state index is 0.601. The van der Waals surface area contributed by atoms with Crippen LogP contribution >= 0.6 is 12.2 Å². The van der Waals surface area contributed by atoms with Crippen LogP contribution in [0.2, 0.25) is 0 Å². The topological polar surface area (TPSA) is 27.6 Å². The molecule has 2 rings (SSSR count). The number of benzene rings is 2. The van der Waals surface area contributed by atoms with Crippen molar-refractivity contribution in [1.29, 1.82) is 0 Å². The zero-order chi connectivity index (χ0) is 15.9. The monoisotopic (exact) mass is 311 g/mol. The van der Waals surface area contributed by atoms with Crippen LogP contribution in [0.1, 0.15) is 22.3 Å². The van der Waals surface area contributed by atoms with E-state index < -0.39 is 0 Å². The van der Waals surface area contributed by atoms with E-state index in [1.165, 1.54) is 16.7 Å². The lowest BCUT2D eigenvalue weighted by Gasteiger charge is -2.15. The first-order valence-corrected chi connectivity index (χ1v) is 7.64. The van der Waals surface area contributed by atoms with E-state index in [1.54, 1.807) is 5.01 Å². The molecule has 0 aliphatic rings. The average Bonchev–Trinajstić information content (AvgIpc) is 2.54. The quantitative estimate of drug-likeness (QED) is 0.531. The van der Waals surface area contributed by atoms with Crippen molar-refractivity contribution in [3.05, 3.63) is 70.8 Å². The smallest absolute Gasteiger partial charge is 0.189 e. The first-order valence-electron chi connectivity index (χ1n) is 7.23. The molecule has 2 aromatic rings. The van der Waals surface area contributed by atoms with Gasteiger partial charge >= 0.3 is 0 Å². The van der Waals surface area contributed by atoms with Gasteiger partial charge in [-0.3, -0.25) is 0 Å². The number of nitrogens with zero attached hydrogens (tertiary/aromatic N) is 2. The van der Waals surface area contributed by atoms with Gasteiger partial charge < -0.3 is 5.32 Å². The van der Waals surface area contributed by atoms with Gasteiger partial charge in [0.2, 0.25) is 0 Å². The van der Waals surface area contributed by atoms with Gasteiger partial charge in [-0.05, 0) is 48.3 Å². The van der Waals surface area contributed by atoms with E-state index in [0.717, 1.165) is 5.56 Å². The molecule has 0 unspecified atom stereocenters. The van der Waals surface area contributed by atoms with Gasteiger partial charge in [0.1, 0.15) is 0 Å². The van der Waals surface area contributed by atoms with Crippen LogP contribution in [0, 0.1) is 13.8 Å². The molecule has 0 saturated carbocycles. The van der Waals surface area contributed by atoms with Crippen LogP contribution in [-0.2, 0) is 6.54 Å². The fourth-order valence-corrected chi connectivity index (χ4v) is 2.06. The maximum atomic E-state index is 5.34. The maximum Gasteiger partial charge on any atom is 0.189 e. The van der Waals surface area contributed by atoms with E-state index in [0.29, 0.717) is 11.7 Å². The third kappa shape index (κ3) is 4.67. The van der Waals surface area contributed by atoms with Crippen molar-refractivity contribution in [2.45, 2.75) is 20.4 Å². The summed E-state index contributed by atoms with van der Waals surface area (Å²) in [5.41, 5.74) is 4.80. The minimum atomic E-state index is 0.601. The number of hydrogen-bond acceptors (Lipinski definition) is 2. The zero-order valence-corrected chi connectivity index (χ0v) is 14.0. The predicted molar refractivity (Wildman–Crippen MR) is 97.2 cm³/mol. The summed E-state index contributed by atoms with van der Waals surface area (Å²) in [6.07, 6.45) is 1.82. The summed E-state index contributed by atoms with van der Waals surface area (Å²) in [4.78, 5) is 0. The van der Waals surface area contributed by atoms with E-state index in [2.05, 4.69) is 54.6 Å². The predicted octanol–water partition coefficient (Wildman–Crippen LogP) is 3.64. The van der Waals surface area contributed by atoms with Crippen LogP contribution in [0.3, 0.4) is 0 Å². The molecule has 0 aromatic heterocycles. The number of nitrogens with one attached hydrogen (secondary N) is 1. The third-order valence-electron chi connectivity index (χ3n) is 3.49. The molecule has 0 aliphatic carbocycles. The summed E-state index contributed by atoms with van der Waals surface area (Å²) in [5.74, 6) is 0. The summed E-state index contributed by atoms with van der Waals surface area (Å²) in [7, 11) is 1.85. The summed E-state index contributed by atoms with van der Waals surface area (Å²) < 4.78 is 0. The van der Waals surface area contributed by atoms with Crippen LogP contribution in [-0.4, -0.2) is 23.4 Å². The van der Waals surface area contributed by atoms with Crippen LogP contribution in [0.5, 0.6) is 0 Å². The van der Waals surface area contributed by atoms with E-state index in [9.17, 15) is 0 Å². The van der Waals surface area contributed by atoms with Crippen LogP contribution in [0.25, 0.3) is 0 Å². The molecule has 0 radical (unpaired) electrons. The number of hydrogen-bond donors (Lipinski definition) is 1. The molecule has 0 spiro atoms. The first kappa shape index (κ1) is 16.2. The summed E-state index contributed by atoms with van der Waals surface area (Å²) in [6, 6.07) is 16.4. The molecule has 22 heavy (non-hydrogen) atoms. The van der Waals surface area contributed by atoms with Gasteiger partial charge in [-0.25, -0.2) is 5.01 Å². The minimum Gasteiger partial charge on any atom is -0.357 e. The number of aryl methyl sites for hydroxylation is 2. The second-order valence-electron chi connectivity index (χ2n) is 5.26. The Morgan fingerprint density at radius 3 is 2.55 bits per heavy atom.